The van der Waals surface area contributed by atoms with Gasteiger partial charge >= 0.3 is 12.1 Å². The maximum atomic E-state index is 13.2. The zero-order valence-electron chi connectivity index (χ0n) is 14.7. The van der Waals surface area contributed by atoms with Gasteiger partial charge in [-0.05, 0) is 38.1 Å². The topological polar surface area (TPSA) is 53.4 Å². The van der Waals surface area contributed by atoms with Gasteiger partial charge in [-0.3, -0.25) is 4.57 Å². The Hall–Kier alpha value is -3.03. The van der Waals surface area contributed by atoms with Gasteiger partial charge in [0.15, 0.2) is 6.10 Å². The number of benzene rings is 2. The zero-order chi connectivity index (χ0) is 19.6. The number of para-hydroxylation sites is 3. The van der Waals surface area contributed by atoms with E-state index >= 15 is 0 Å². The van der Waals surface area contributed by atoms with Gasteiger partial charge in [-0.25, -0.2) is 9.78 Å². The number of esters is 1. The summed E-state index contributed by atoms with van der Waals surface area (Å²) in [6.45, 7) is 3.46. The smallest absolute Gasteiger partial charge is 0.418 e. The summed E-state index contributed by atoms with van der Waals surface area (Å²) in [7, 11) is 0. The van der Waals surface area contributed by atoms with Crippen LogP contribution in [0.4, 0.5) is 13.2 Å². The van der Waals surface area contributed by atoms with E-state index in [0.717, 1.165) is 6.07 Å². The number of ether oxygens (including phenoxy) is 2. The van der Waals surface area contributed by atoms with Gasteiger partial charge in [-0.15, -0.1) is 0 Å². The molecule has 0 spiro atoms. The van der Waals surface area contributed by atoms with Crippen LogP contribution in [0.3, 0.4) is 0 Å². The summed E-state index contributed by atoms with van der Waals surface area (Å²) in [6.07, 6.45) is -4.07. The quantitative estimate of drug-likeness (QED) is 0.619. The largest absolute Gasteiger partial charge is 0.477 e. The highest BCUT2D eigenvalue weighted by molar-refractivity contribution is 5.82. The van der Waals surface area contributed by atoms with E-state index in [2.05, 4.69) is 4.98 Å². The fourth-order valence-electron chi connectivity index (χ4n) is 2.71. The van der Waals surface area contributed by atoms with Crippen molar-refractivity contribution in [3.63, 3.8) is 0 Å². The summed E-state index contributed by atoms with van der Waals surface area (Å²) in [6, 6.07) is 10.6. The van der Waals surface area contributed by atoms with Gasteiger partial charge in [0.2, 0.25) is 0 Å². The Bertz CT molecular complexity index is 966. The van der Waals surface area contributed by atoms with E-state index in [4.69, 9.17) is 9.47 Å². The van der Waals surface area contributed by atoms with Crippen molar-refractivity contribution in [2.24, 2.45) is 0 Å². The molecule has 0 saturated heterocycles. The molecule has 0 amide bonds. The Morgan fingerprint density at radius 3 is 2.63 bits per heavy atom. The number of nitrogens with zero attached hydrogens (tertiary/aromatic N) is 2. The maximum absolute atomic E-state index is 13.2. The molecule has 0 bridgehead atoms. The summed E-state index contributed by atoms with van der Waals surface area (Å²) in [4.78, 5) is 15.8. The lowest BCUT2D eigenvalue weighted by Crippen LogP contribution is -2.26. The lowest BCUT2D eigenvalue weighted by Gasteiger charge is -2.17. The number of alkyl halides is 3. The molecule has 0 aliphatic carbocycles. The van der Waals surface area contributed by atoms with Crippen molar-refractivity contribution < 1.29 is 27.4 Å². The van der Waals surface area contributed by atoms with Crippen LogP contribution >= 0.6 is 0 Å². The molecule has 0 fully saturated rings. The first-order chi connectivity index (χ1) is 12.8. The molecule has 0 aliphatic heterocycles. The molecule has 0 aliphatic rings. The van der Waals surface area contributed by atoms with E-state index < -0.39 is 23.8 Å². The van der Waals surface area contributed by atoms with Crippen molar-refractivity contribution in [1.82, 2.24) is 9.55 Å². The highest BCUT2D eigenvalue weighted by atomic mass is 19.4. The van der Waals surface area contributed by atoms with Gasteiger partial charge in [0.1, 0.15) is 17.6 Å². The summed E-state index contributed by atoms with van der Waals surface area (Å²) in [5.74, 6) is -0.197. The van der Waals surface area contributed by atoms with Crippen molar-refractivity contribution in [2.75, 3.05) is 6.61 Å². The van der Waals surface area contributed by atoms with Crippen molar-refractivity contribution in [3.8, 4) is 11.4 Å². The van der Waals surface area contributed by atoms with Crippen molar-refractivity contribution in [1.29, 1.82) is 0 Å². The molecule has 1 atom stereocenters. The maximum Gasteiger partial charge on any atom is 0.418 e. The first kappa shape index (κ1) is 18.8. The van der Waals surface area contributed by atoms with Crippen LogP contribution in [0, 0.1) is 0 Å². The lowest BCUT2D eigenvalue weighted by molar-refractivity contribution is -0.150. The number of carbonyl (C=O) groups excluding carboxylic acids is 1. The third-order valence-corrected chi connectivity index (χ3v) is 3.93. The van der Waals surface area contributed by atoms with E-state index in [-0.39, 0.29) is 17.6 Å². The van der Waals surface area contributed by atoms with Crippen LogP contribution in [0.1, 0.15) is 19.4 Å². The van der Waals surface area contributed by atoms with Gasteiger partial charge in [-0.1, -0.05) is 18.2 Å². The Balaban J connectivity index is 2.05. The highest BCUT2D eigenvalue weighted by Crippen LogP contribution is 2.35. The minimum Gasteiger partial charge on any atom is -0.477 e. The molecule has 3 rings (SSSR count). The number of halogens is 3. The molecule has 1 aromatic heterocycles. The van der Waals surface area contributed by atoms with E-state index in [9.17, 15) is 18.0 Å². The number of hydrogen-bond acceptors (Lipinski definition) is 4. The van der Waals surface area contributed by atoms with Crippen molar-refractivity contribution in [2.45, 2.75) is 26.1 Å². The Morgan fingerprint density at radius 1 is 1.19 bits per heavy atom. The van der Waals surface area contributed by atoms with Gasteiger partial charge in [0.25, 0.3) is 0 Å². The predicted octanol–water partition coefficient (Wildman–Crippen LogP) is 4.37. The van der Waals surface area contributed by atoms with Gasteiger partial charge < -0.3 is 9.47 Å². The molecule has 1 unspecified atom stereocenters. The molecule has 2 aromatic carbocycles. The highest BCUT2D eigenvalue weighted by Gasteiger charge is 2.34. The monoisotopic (exact) mass is 378 g/mol. The van der Waals surface area contributed by atoms with Crippen LogP contribution in [0.15, 0.2) is 48.8 Å². The number of imidazole rings is 1. The summed E-state index contributed by atoms with van der Waals surface area (Å²) in [5.41, 5.74) is -0.213. The molecule has 0 N–H and O–H groups in total. The zero-order valence-corrected chi connectivity index (χ0v) is 14.7. The first-order valence-corrected chi connectivity index (χ1v) is 8.29. The molecule has 142 valence electrons. The normalized spacial score (nSPS) is 12.8. The van der Waals surface area contributed by atoms with Crippen LogP contribution < -0.4 is 4.74 Å². The molecule has 0 radical (unpaired) electrons. The second-order valence-electron chi connectivity index (χ2n) is 5.77. The third kappa shape index (κ3) is 3.74. The minimum atomic E-state index is -4.51. The number of carbonyl (C=O) groups is 1. The van der Waals surface area contributed by atoms with E-state index in [0.29, 0.717) is 11.4 Å². The van der Waals surface area contributed by atoms with Gasteiger partial charge in [-0.2, -0.15) is 13.2 Å². The second-order valence-corrected chi connectivity index (χ2v) is 5.77. The minimum absolute atomic E-state index is 0.154. The Morgan fingerprint density at radius 2 is 1.93 bits per heavy atom. The van der Waals surface area contributed by atoms with Crippen LogP contribution in [-0.4, -0.2) is 28.2 Å². The van der Waals surface area contributed by atoms with Crippen LogP contribution in [0.25, 0.3) is 16.7 Å². The Kier molecular flexibility index (Phi) is 5.07. The van der Waals surface area contributed by atoms with Crippen LogP contribution in [0.5, 0.6) is 5.75 Å². The predicted molar refractivity (Wildman–Crippen MR) is 92.8 cm³/mol. The van der Waals surface area contributed by atoms with Crippen LogP contribution in [-0.2, 0) is 15.7 Å². The SMILES string of the molecule is CCOC(=O)C(C)Oc1ccccc1-n1cnc2c(C(F)(F)F)cccc21. The fraction of sp³-hybridized carbons (Fsp3) is 0.263. The van der Waals surface area contributed by atoms with E-state index in [1.807, 2.05) is 0 Å². The average molecular weight is 378 g/mol. The second kappa shape index (κ2) is 7.30. The van der Waals surface area contributed by atoms with Gasteiger partial charge in [0.05, 0.1) is 23.4 Å². The summed E-state index contributed by atoms with van der Waals surface area (Å²) >= 11 is 0. The summed E-state index contributed by atoms with van der Waals surface area (Å²) < 4.78 is 51.8. The average Bonchev–Trinajstić information content (AvgIpc) is 3.05. The van der Waals surface area contributed by atoms with Crippen LogP contribution in [0.2, 0.25) is 0 Å². The number of aromatic nitrogens is 2. The molecule has 8 heteroatoms. The Labute approximate surface area is 153 Å². The molecular weight excluding hydrogens is 361 g/mol. The number of rotatable bonds is 5. The molecule has 0 saturated carbocycles. The lowest BCUT2D eigenvalue weighted by atomic mass is 10.1. The van der Waals surface area contributed by atoms with E-state index in [1.165, 1.54) is 17.0 Å². The fourth-order valence-corrected chi connectivity index (χ4v) is 2.71. The van der Waals surface area contributed by atoms with Gasteiger partial charge in [0, 0.05) is 0 Å². The number of hydrogen-bond donors (Lipinski definition) is 0. The third-order valence-electron chi connectivity index (χ3n) is 3.93. The number of fused-ring (bicyclic) bond motifs is 1. The van der Waals surface area contributed by atoms with Crippen molar-refractivity contribution >= 4 is 17.0 Å². The molecular formula is C19H17F3N2O3. The molecule has 5 nitrogen and oxygen atoms in total. The first-order valence-electron chi connectivity index (χ1n) is 8.29. The van der Waals surface area contributed by atoms with Crippen molar-refractivity contribution in [3.05, 3.63) is 54.4 Å². The molecule has 1 heterocycles. The standard InChI is InChI=1S/C19H17F3N2O3/c1-3-26-18(25)12(2)27-16-10-5-4-8-14(16)24-11-23-17-13(19(20,21)22)7-6-9-15(17)24/h4-12H,3H2,1-2H3. The molecule has 3 aromatic rings. The summed E-state index contributed by atoms with van der Waals surface area (Å²) in [5, 5.41) is 0. The molecule has 27 heavy (non-hydrogen) atoms. The van der Waals surface area contributed by atoms with E-state index in [1.54, 1.807) is 44.2 Å².